The molecule has 0 aliphatic rings. The highest BCUT2D eigenvalue weighted by Crippen LogP contribution is 2.22. The van der Waals surface area contributed by atoms with Gasteiger partial charge in [-0.1, -0.05) is 19.9 Å². The van der Waals surface area contributed by atoms with E-state index in [2.05, 4.69) is 35.9 Å². The highest BCUT2D eigenvalue weighted by molar-refractivity contribution is 5.54. The van der Waals surface area contributed by atoms with Gasteiger partial charge in [-0.05, 0) is 42.2 Å². The average Bonchev–Trinajstić information content (AvgIpc) is 2.39. The van der Waals surface area contributed by atoms with Gasteiger partial charge in [-0.3, -0.25) is 9.97 Å². The normalized spacial score (nSPS) is 12.4. The molecule has 2 rings (SSSR count). The molecule has 2 heteroatoms. The van der Waals surface area contributed by atoms with Gasteiger partial charge in [0.25, 0.3) is 0 Å². The van der Waals surface area contributed by atoms with Crippen LogP contribution < -0.4 is 0 Å². The van der Waals surface area contributed by atoms with E-state index in [0.29, 0.717) is 5.92 Å². The van der Waals surface area contributed by atoms with Crippen LogP contribution in [0.1, 0.15) is 31.7 Å². The van der Waals surface area contributed by atoms with Gasteiger partial charge in [-0.25, -0.2) is 0 Å². The van der Waals surface area contributed by atoms with Crippen LogP contribution in [-0.2, 0) is 0 Å². The molecule has 0 aromatic carbocycles. The molecule has 2 aromatic heterocycles. The number of nitrogens with zero attached hydrogens (tertiary/aromatic N) is 2. The summed E-state index contributed by atoms with van der Waals surface area (Å²) in [4.78, 5) is 8.68. The maximum absolute atomic E-state index is 4.36. The summed E-state index contributed by atoms with van der Waals surface area (Å²) in [6.07, 6.45) is 4.81. The highest BCUT2D eigenvalue weighted by Gasteiger charge is 2.05. The van der Waals surface area contributed by atoms with Crippen molar-refractivity contribution in [3.8, 4) is 11.4 Å². The minimum absolute atomic E-state index is 0.575. The Balaban J connectivity index is 2.36. The van der Waals surface area contributed by atoms with Crippen molar-refractivity contribution >= 4 is 0 Å². The molecule has 0 aliphatic heterocycles. The third-order valence-corrected chi connectivity index (χ3v) is 2.89. The van der Waals surface area contributed by atoms with Crippen molar-refractivity contribution in [2.24, 2.45) is 0 Å². The Kier molecular flexibility index (Phi) is 3.30. The summed E-state index contributed by atoms with van der Waals surface area (Å²) in [5.74, 6) is 0.575. The third kappa shape index (κ3) is 2.27. The number of pyridine rings is 2. The molecule has 16 heavy (non-hydrogen) atoms. The zero-order valence-corrected chi connectivity index (χ0v) is 9.72. The quantitative estimate of drug-likeness (QED) is 0.776. The molecule has 2 heterocycles. The van der Waals surface area contributed by atoms with Gasteiger partial charge in [-0.15, -0.1) is 0 Å². The van der Waals surface area contributed by atoms with Gasteiger partial charge < -0.3 is 0 Å². The standard InChI is InChI=1S/C14H16N2/c1-3-11(2)12-7-9-16-14(10-12)13-6-4-5-8-15-13/h4-11H,3H2,1-2H3/t11-/m0/s1. The molecule has 0 saturated carbocycles. The van der Waals surface area contributed by atoms with Gasteiger partial charge >= 0.3 is 0 Å². The Morgan fingerprint density at radius 2 is 1.88 bits per heavy atom. The number of hydrogen-bond acceptors (Lipinski definition) is 2. The summed E-state index contributed by atoms with van der Waals surface area (Å²) in [7, 11) is 0. The topological polar surface area (TPSA) is 25.8 Å². The maximum atomic E-state index is 4.36. The van der Waals surface area contributed by atoms with Gasteiger partial charge in [0.1, 0.15) is 0 Å². The Bertz CT molecular complexity index is 451. The summed E-state index contributed by atoms with van der Waals surface area (Å²) in [6.45, 7) is 4.43. The van der Waals surface area contributed by atoms with Crippen molar-refractivity contribution in [2.75, 3.05) is 0 Å². The van der Waals surface area contributed by atoms with Crippen molar-refractivity contribution in [3.63, 3.8) is 0 Å². The van der Waals surface area contributed by atoms with E-state index in [0.717, 1.165) is 17.8 Å². The summed E-state index contributed by atoms with van der Waals surface area (Å²) in [5.41, 5.74) is 3.23. The van der Waals surface area contributed by atoms with E-state index in [1.807, 2.05) is 24.4 Å². The first-order chi connectivity index (χ1) is 7.81. The molecule has 0 N–H and O–H groups in total. The maximum Gasteiger partial charge on any atom is 0.0888 e. The van der Waals surface area contributed by atoms with Gasteiger partial charge in [0, 0.05) is 12.4 Å². The molecule has 0 aliphatic carbocycles. The van der Waals surface area contributed by atoms with E-state index in [-0.39, 0.29) is 0 Å². The fourth-order valence-corrected chi connectivity index (χ4v) is 1.64. The summed E-state index contributed by atoms with van der Waals surface area (Å²) in [6, 6.07) is 10.1. The lowest BCUT2D eigenvalue weighted by Crippen LogP contribution is -1.94. The first-order valence-corrected chi connectivity index (χ1v) is 5.68. The average molecular weight is 212 g/mol. The van der Waals surface area contributed by atoms with Crippen molar-refractivity contribution < 1.29 is 0 Å². The molecule has 0 bridgehead atoms. The van der Waals surface area contributed by atoms with Crippen LogP contribution in [-0.4, -0.2) is 9.97 Å². The Labute approximate surface area is 96.4 Å². The molecule has 2 nitrogen and oxygen atoms in total. The van der Waals surface area contributed by atoms with E-state index in [1.54, 1.807) is 6.20 Å². The van der Waals surface area contributed by atoms with E-state index >= 15 is 0 Å². The van der Waals surface area contributed by atoms with E-state index in [1.165, 1.54) is 5.56 Å². The van der Waals surface area contributed by atoms with Crippen molar-refractivity contribution in [2.45, 2.75) is 26.2 Å². The van der Waals surface area contributed by atoms with Crippen molar-refractivity contribution in [1.82, 2.24) is 9.97 Å². The molecule has 0 spiro atoms. The number of aromatic nitrogens is 2. The lowest BCUT2D eigenvalue weighted by atomic mass is 9.99. The minimum Gasteiger partial charge on any atom is -0.255 e. The van der Waals surface area contributed by atoms with E-state index in [4.69, 9.17) is 0 Å². The monoisotopic (exact) mass is 212 g/mol. The fourth-order valence-electron chi connectivity index (χ4n) is 1.64. The van der Waals surface area contributed by atoms with Crippen molar-refractivity contribution in [1.29, 1.82) is 0 Å². The SMILES string of the molecule is CC[C@H](C)c1ccnc(-c2ccccn2)c1. The molecule has 1 atom stereocenters. The van der Waals surface area contributed by atoms with Gasteiger partial charge in [-0.2, -0.15) is 0 Å². The molecular weight excluding hydrogens is 196 g/mol. The van der Waals surface area contributed by atoms with Gasteiger partial charge in [0.15, 0.2) is 0 Å². The first kappa shape index (κ1) is 10.8. The Morgan fingerprint density at radius 3 is 2.56 bits per heavy atom. The van der Waals surface area contributed by atoms with Crippen molar-refractivity contribution in [3.05, 3.63) is 48.3 Å². The summed E-state index contributed by atoms with van der Waals surface area (Å²) in [5, 5.41) is 0. The van der Waals surface area contributed by atoms with Crippen LogP contribution in [0.4, 0.5) is 0 Å². The zero-order valence-electron chi connectivity index (χ0n) is 9.72. The molecule has 0 radical (unpaired) electrons. The van der Waals surface area contributed by atoms with Gasteiger partial charge in [0.05, 0.1) is 11.4 Å². The Hall–Kier alpha value is -1.70. The minimum atomic E-state index is 0.575. The second-order valence-electron chi connectivity index (χ2n) is 4.00. The fraction of sp³-hybridized carbons (Fsp3) is 0.286. The predicted molar refractivity (Wildman–Crippen MR) is 66.2 cm³/mol. The third-order valence-electron chi connectivity index (χ3n) is 2.89. The molecule has 2 aromatic rings. The van der Waals surface area contributed by atoms with Crippen LogP contribution >= 0.6 is 0 Å². The smallest absolute Gasteiger partial charge is 0.0888 e. The zero-order chi connectivity index (χ0) is 11.4. The lowest BCUT2D eigenvalue weighted by Gasteiger charge is -2.09. The van der Waals surface area contributed by atoms with Crippen LogP contribution in [0.3, 0.4) is 0 Å². The largest absolute Gasteiger partial charge is 0.255 e. The lowest BCUT2D eigenvalue weighted by molar-refractivity contribution is 0.732. The number of rotatable bonds is 3. The Morgan fingerprint density at radius 1 is 1.06 bits per heavy atom. The van der Waals surface area contributed by atoms with E-state index in [9.17, 15) is 0 Å². The van der Waals surface area contributed by atoms with Crippen LogP contribution in [0.2, 0.25) is 0 Å². The molecule has 0 saturated heterocycles. The summed E-state index contributed by atoms with van der Waals surface area (Å²) < 4.78 is 0. The van der Waals surface area contributed by atoms with Crippen LogP contribution in [0, 0.1) is 0 Å². The highest BCUT2D eigenvalue weighted by atomic mass is 14.8. The van der Waals surface area contributed by atoms with Gasteiger partial charge in [0.2, 0.25) is 0 Å². The first-order valence-electron chi connectivity index (χ1n) is 5.68. The predicted octanol–water partition coefficient (Wildman–Crippen LogP) is 3.66. The second-order valence-corrected chi connectivity index (χ2v) is 4.00. The van der Waals surface area contributed by atoms with E-state index < -0.39 is 0 Å². The number of hydrogen-bond donors (Lipinski definition) is 0. The summed E-state index contributed by atoms with van der Waals surface area (Å²) >= 11 is 0. The molecule has 0 unspecified atom stereocenters. The van der Waals surface area contributed by atoms with Crippen LogP contribution in [0.25, 0.3) is 11.4 Å². The molecule has 0 amide bonds. The second kappa shape index (κ2) is 4.88. The molecule has 82 valence electrons. The van der Waals surface area contributed by atoms with Crippen LogP contribution in [0.5, 0.6) is 0 Å². The molecular formula is C14H16N2. The molecule has 0 fully saturated rings. The van der Waals surface area contributed by atoms with Crippen LogP contribution in [0.15, 0.2) is 42.7 Å².